The summed E-state index contributed by atoms with van der Waals surface area (Å²) < 4.78 is 5.45. The van der Waals surface area contributed by atoms with Crippen LogP contribution in [0.15, 0.2) is 36.5 Å². The molecule has 29 heavy (non-hydrogen) atoms. The van der Waals surface area contributed by atoms with Crippen molar-refractivity contribution in [3.05, 3.63) is 47.7 Å². The average Bonchev–Trinajstić information content (AvgIpc) is 2.68. The number of rotatable bonds is 6. The summed E-state index contributed by atoms with van der Waals surface area (Å²) in [7, 11) is 0. The van der Waals surface area contributed by atoms with E-state index in [4.69, 9.17) is 10.5 Å². The van der Waals surface area contributed by atoms with Crippen LogP contribution in [-0.4, -0.2) is 30.1 Å². The average molecular weight is 397 g/mol. The monoisotopic (exact) mass is 396 g/mol. The zero-order valence-corrected chi connectivity index (χ0v) is 17.8. The highest BCUT2D eigenvalue weighted by molar-refractivity contribution is 5.98. The Balaban J connectivity index is 1.76. The molecule has 0 bridgehead atoms. The van der Waals surface area contributed by atoms with Gasteiger partial charge in [-0.1, -0.05) is 32.9 Å². The highest BCUT2D eigenvalue weighted by atomic mass is 16.5. The van der Waals surface area contributed by atoms with Crippen molar-refractivity contribution in [3.63, 3.8) is 0 Å². The maximum absolute atomic E-state index is 11.8. The highest BCUT2D eigenvalue weighted by Gasteiger charge is 2.22. The topological polar surface area (TPSA) is 89.3 Å². The molecule has 4 N–H and O–H groups in total. The predicted octanol–water partition coefficient (Wildman–Crippen LogP) is 4.66. The van der Waals surface area contributed by atoms with Gasteiger partial charge in [0.1, 0.15) is 5.82 Å². The molecule has 0 aliphatic carbocycles. The zero-order valence-electron chi connectivity index (χ0n) is 17.8. The van der Waals surface area contributed by atoms with E-state index in [1.54, 1.807) is 0 Å². The van der Waals surface area contributed by atoms with Gasteiger partial charge in [0.15, 0.2) is 0 Å². The van der Waals surface area contributed by atoms with E-state index < -0.39 is 5.91 Å². The summed E-state index contributed by atoms with van der Waals surface area (Å²) in [4.78, 5) is 16.2. The first-order valence-electron chi connectivity index (χ1n) is 10.2. The fraction of sp³-hybridized carbons (Fsp3) is 0.478. The predicted molar refractivity (Wildman–Crippen MR) is 118 cm³/mol. The number of nitrogens with two attached hydrogens (primary N) is 1. The van der Waals surface area contributed by atoms with Crippen LogP contribution in [0.25, 0.3) is 0 Å². The second-order valence-electron chi connectivity index (χ2n) is 8.85. The van der Waals surface area contributed by atoms with Gasteiger partial charge in [0.05, 0.1) is 11.3 Å². The SMILES string of the molecule is C[C@@H](Nc1cc(Nc2ccc(C3CCOCC3)cc2)ncc1C(N)=O)C(C)(C)C. The molecule has 1 aromatic heterocycles. The number of anilines is 3. The van der Waals surface area contributed by atoms with Crippen LogP contribution in [0, 0.1) is 5.41 Å². The summed E-state index contributed by atoms with van der Waals surface area (Å²) in [6.45, 7) is 10.2. The molecule has 0 spiro atoms. The number of carbonyl (C=O) groups excluding carboxylic acids is 1. The Kier molecular flexibility index (Phi) is 6.42. The molecule has 0 radical (unpaired) electrons. The molecule has 6 heteroatoms. The Labute approximate surface area is 173 Å². The van der Waals surface area contributed by atoms with E-state index in [1.165, 1.54) is 11.8 Å². The molecule has 1 aliphatic rings. The number of hydrogen-bond acceptors (Lipinski definition) is 5. The van der Waals surface area contributed by atoms with E-state index in [-0.39, 0.29) is 11.5 Å². The van der Waals surface area contributed by atoms with Crippen molar-refractivity contribution in [1.82, 2.24) is 4.98 Å². The summed E-state index contributed by atoms with van der Waals surface area (Å²) >= 11 is 0. The zero-order chi connectivity index (χ0) is 21.0. The van der Waals surface area contributed by atoms with E-state index in [2.05, 4.69) is 67.6 Å². The number of pyridine rings is 1. The molecule has 1 aliphatic heterocycles. The first-order chi connectivity index (χ1) is 13.7. The molecule has 2 aromatic rings. The lowest BCUT2D eigenvalue weighted by molar-refractivity contribution is 0.0853. The summed E-state index contributed by atoms with van der Waals surface area (Å²) in [5.41, 5.74) is 8.95. The molecule has 2 heterocycles. The van der Waals surface area contributed by atoms with Gasteiger partial charge in [-0.15, -0.1) is 0 Å². The molecule has 1 saturated heterocycles. The van der Waals surface area contributed by atoms with E-state index in [0.717, 1.165) is 31.7 Å². The van der Waals surface area contributed by atoms with Crippen LogP contribution >= 0.6 is 0 Å². The van der Waals surface area contributed by atoms with Crippen LogP contribution in [0.3, 0.4) is 0 Å². The summed E-state index contributed by atoms with van der Waals surface area (Å²) in [5, 5.41) is 6.74. The van der Waals surface area contributed by atoms with Crippen molar-refractivity contribution in [2.75, 3.05) is 23.8 Å². The minimum absolute atomic E-state index is 0.0335. The first-order valence-corrected chi connectivity index (χ1v) is 10.2. The summed E-state index contributed by atoms with van der Waals surface area (Å²) in [5.74, 6) is 0.742. The number of carbonyl (C=O) groups is 1. The van der Waals surface area contributed by atoms with Gasteiger partial charge in [0.2, 0.25) is 0 Å². The molecular weight excluding hydrogens is 364 g/mol. The Bertz CT molecular complexity index is 837. The number of ether oxygens (including phenoxy) is 1. The third-order valence-corrected chi connectivity index (χ3v) is 5.72. The maximum Gasteiger partial charge on any atom is 0.252 e. The lowest BCUT2D eigenvalue weighted by Crippen LogP contribution is -2.32. The fourth-order valence-corrected chi connectivity index (χ4v) is 3.31. The number of nitrogens with one attached hydrogen (secondary N) is 2. The highest BCUT2D eigenvalue weighted by Crippen LogP contribution is 2.29. The third-order valence-electron chi connectivity index (χ3n) is 5.72. The van der Waals surface area contributed by atoms with Crippen molar-refractivity contribution in [2.24, 2.45) is 11.1 Å². The fourth-order valence-electron chi connectivity index (χ4n) is 3.31. The van der Waals surface area contributed by atoms with Gasteiger partial charge in [0, 0.05) is 37.2 Å². The van der Waals surface area contributed by atoms with E-state index in [9.17, 15) is 4.79 Å². The second-order valence-corrected chi connectivity index (χ2v) is 8.85. The normalized spacial score (nSPS) is 16.3. The van der Waals surface area contributed by atoms with Gasteiger partial charge in [-0.05, 0) is 48.8 Å². The minimum atomic E-state index is -0.492. The molecule has 1 fully saturated rings. The van der Waals surface area contributed by atoms with Crippen molar-refractivity contribution < 1.29 is 9.53 Å². The molecular formula is C23H32N4O2. The lowest BCUT2D eigenvalue weighted by atomic mass is 9.88. The van der Waals surface area contributed by atoms with Gasteiger partial charge in [-0.25, -0.2) is 4.98 Å². The van der Waals surface area contributed by atoms with E-state index >= 15 is 0 Å². The van der Waals surface area contributed by atoms with Gasteiger partial charge < -0.3 is 21.1 Å². The van der Waals surface area contributed by atoms with Crippen molar-refractivity contribution in [2.45, 2.75) is 52.5 Å². The quantitative estimate of drug-likeness (QED) is 0.660. The molecule has 6 nitrogen and oxygen atoms in total. The Morgan fingerprint density at radius 2 is 1.86 bits per heavy atom. The first kappa shape index (κ1) is 21.1. The summed E-state index contributed by atoms with van der Waals surface area (Å²) in [6, 6.07) is 10.5. The number of benzene rings is 1. The van der Waals surface area contributed by atoms with Crippen LogP contribution in [0.4, 0.5) is 17.2 Å². The van der Waals surface area contributed by atoms with Crippen LogP contribution in [-0.2, 0) is 4.74 Å². The Morgan fingerprint density at radius 1 is 1.21 bits per heavy atom. The van der Waals surface area contributed by atoms with Crippen LogP contribution < -0.4 is 16.4 Å². The molecule has 1 amide bonds. The van der Waals surface area contributed by atoms with E-state index in [0.29, 0.717) is 23.0 Å². The standard InChI is InChI=1S/C23H32N4O2/c1-15(23(2,3)4)26-20-13-21(25-14-19(20)22(24)28)27-18-7-5-16(6-8-18)17-9-11-29-12-10-17/h5-8,13-15,17H,9-12H2,1-4H3,(H2,24,28)(H2,25,26,27)/t15-/m1/s1. The van der Waals surface area contributed by atoms with E-state index in [1.807, 2.05) is 6.07 Å². The molecule has 0 saturated carbocycles. The number of amides is 1. The third kappa shape index (κ3) is 5.48. The molecule has 156 valence electrons. The van der Waals surface area contributed by atoms with Gasteiger partial charge in [-0.3, -0.25) is 4.79 Å². The Hall–Kier alpha value is -2.60. The van der Waals surface area contributed by atoms with Crippen molar-refractivity contribution in [3.8, 4) is 0 Å². The Morgan fingerprint density at radius 3 is 2.45 bits per heavy atom. The largest absolute Gasteiger partial charge is 0.381 e. The number of aromatic nitrogens is 1. The van der Waals surface area contributed by atoms with Crippen LogP contribution in [0.2, 0.25) is 0 Å². The van der Waals surface area contributed by atoms with Gasteiger partial charge >= 0.3 is 0 Å². The van der Waals surface area contributed by atoms with Crippen LogP contribution in [0.5, 0.6) is 0 Å². The molecule has 1 atom stereocenters. The lowest BCUT2D eigenvalue weighted by Gasteiger charge is -2.29. The van der Waals surface area contributed by atoms with Gasteiger partial charge in [0.25, 0.3) is 5.91 Å². The number of hydrogen-bond donors (Lipinski definition) is 3. The van der Waals surface area contributed by atoms with Gasteiger partial charge in [-0.2, -0.15) is 0 Å². The van der Waals surface area contributed by atoms with Crippen molar-refractivity contribution >= 4 is 23.1 Å². The smallest absolute Gasteiger partial charge is 0.252 e. The minimum Gasteiger partial charge on any atom is -0.381 e. The maximum atomic E-state index is 11.8. The number of primary amides is 1. The second kappa shape index (κ2) is 8.82. The van der Waals surface area contributed by atoms with Crippen LogP contribution in [0.1, 0.15) is 62.4 Å². The summed E-state index contributed by atoms with van der Waals surface area (Å²) in [6.07, 6.45) is 3.67. The number of nitrogens with zero attached hydrogens (tertiary/aromatic N) is 1. The molecule has 3 rings (SSSR count). The molecule has 1 aromatic carbocycles. The molecule has 0 unspecified atom stereocenters. The van der Waals surface area contributed by atoms with Crippen molar-refractivity contribution in [1.29, 1.82) is 0 Å².